The van der Waals surface area contributed by atoms with Crippen LogP contribution in [0.2, 0.25) is 0 Å². The molecule has 1 aromatic rings. The fourth-order valence-corrected chi connectivity index (χ4v) is 1.30. The molecule has 1 rings (SSSR count). The lowest BCUT2D eigenvalue weighted by molar-refractivity contribution is -0.140. The molecular formula is C10H15N3O3. The number of unbranched alkanes of at least 4 members (excludes halogenated alkanes) is 2. The second-order valence-corrected chi connectivity index (χ2v) is 3.41. The van der Waals surface area contributed by atoms with Crippen molar-refractivity contribution >= 4 is 12.3 Å². The van der Waals surface area contributed by atoms with Crippen molar-refractivity contribution in [3.63, 3.8) is 0 Å². The van der Waals surface area contributed by atoms with E-state index < -0.39 is 0 Å². The minimum Gasteiger partial charge on any atom is -0.469 e. The third-order valence-corrected chi connectivity index (χ3v) is 2.17. The zero-order valence-corrected chi connectivity index (χ0v) is 9.26. The van der Waals surface area contributed by atoms with Gasteiger partial charge in [0.15, 0.2) is 6.29 Å². The monoisotopic (exact) mass is 225 g/mol. The van der Waals surface area contributed by atoms with Gasteiger partial charge in [-0.05, 0) is 12.8 Å². The minimum atomic E-state index is -0.177. The molecule has 6 heteroatoms. The Bertz CT molecular complexity index is 349. The van der Waals surface area contributed by atoms with Crippen molar-refractivity contribution in [2.75, 3.05) is 7.11 Å². The van der Waals surface area contributed by atoms with Gasteiger partial charge in [0.25, 0.3) is 0 Å². The third kappa shape index (κ3) is 4.20. The van der Waals surface area contributed by atoms with Gasteiger partial charge in [0.2, 0.25) is 0 Å². The van der Waals surface area contributed by atoms with Gasteiger partial charge in [-0.25, -0.2) is 0 Å². The Labute approximate surface area is 93.6 Å². The molecule has 0 unspecified atom stereocenters. The summed E-state index contributed by atoms with van der Waals surface area (Å²) in [5.74, 6) is -0.177. The lowest BCUT2D eigenvalue weighted by atomic mass is 10.2. The molecule has 0 radical (unpaired) electrons. The van der Waals surface area contributed by atoms with Crippen molar-refractivity contribution in [2.24, 2.45) is 0 Å². The predicted octanol–water partition coefficient (Wildman–Crippen LogP) is 0.824. The van der Waals surface area contributed by atoms with Gasteiger partial charge in [-0.1, -0.05) is 11.6 Å². The smallest absolute Gasteiger partial charge is 0.305 e. The fourth-order valence-electron chi connectivity index (χ4n) is 1.30. The van der Waals surface area contributed by atoms with Gasteiger partial charge in [0, 0.05) is 13.0 Å². The van der Waals surface area contributed by atoms with Crippen LogP contribution in [0, 0.1) is 0 Å². The third-order valence-electron chi connectivity index (χ3n) is 2.17. The molecule has 0 spiro atoms. The molecular weight excluding hydrogens is 210 g/mol. The number of aromatic nitrogens is 3. The first kappa shape index (κ1) is 12.4. The van der Waals surface area contributed by atoms with E-state index in [0.29, 0.717) is 24.9 Å². The SMILES string of the molecule is COC(=O)CCCCCn1cc(C=O)nn1. The summed E-state index contributed by atoms with van der Waals surface area (Å²) in [7, 11) is 1.39. The summed E-state index contributed by atoms with van der Waals surface area (Å²) >= 11 is 0. The highest BCUT2D eigenvalue weighted by Gasteiger charge is 2.01. The number of nitrogens with zero attached hydrogens (tertiary/aromatic N) is 3. The largest absolute Gasteiger partial charge is 0.469 e. The fraction of sp³-hybridized carbons (Fsp3) is 0.600. The van der Waals surface area contributed by atoms with Gasteiger partial charge in [-0.3, -0.25) is 14.3 Å². The van der Waals surface area contributed by atoms with Gasteiger partial charge in [0.05, 0.1) is 13.3 Å². The Morgan fingerprint density at radius 1 is 1.50 bits per heavy atom. The Balaban J connectivity index is 2.11. The first-order chi connectivity index (χ1) is 7.76. The molecule has 88 valence electrons. The Morgan fingerprint density at radius 3 is 2.94 bits per heavy atom. The number of rotatable bonds is 7. The van der Waals surface area contributed by atoms with E-state index in [-0.39, 0.29) is 5.97 Å². The summed E-state index contributed by atoms with van der Waals surface area (Å²) in [6.45, 7) is 0.710. The van der Waals surface area contributed by atoms with Crippen LogP contribution in [0.5, 0.6) is 0 Å². The normalized spacial score (nSPS) is 10.1. The van der Waals surface area contributed by atoms with E-state index in [1.165, 1.54) is 7.11 Å². The van der Waals surface area contributed by atoms with Gasteiger partial charge in [0.1, 0.15) is 5.69 Å². The van der Waals surface area contributed by atoms with Gasteiger partial charge >= 0.3 is 5.97 Å². The van der Waals surface area contributed by atoms with E-state index in [2.05, 4.69) is 15.0 Å². The molecule has 1 aromatic heterocycles. The first-order valence-electron chi connectivity index (χ1n) is 5.18. The van der Waals surface area contributed by atoms with Crippen molar-refractivity contribution in [1.29, 1.82) is 0 Å². The maximum Gasteiger partial charge on any atom is 0.305 e. The van der Waals surface area contributed by atoms with E-state index >= 15 is 0 Å². The zero-order valence-electron chi connectivity index (χ0n) is 9.26. The maximum atomic E-state index is 10.8. The first-order valence-corrected chi connectivity index (χ1v) is 5.18. The second-order valence-electron chi connectivity index (χ2n) is 3.41. The van der Waals surface area contributed by atoms with Gasteiger partial charge < -0.3 is 4.74 Å². The number of esters is 1. The average molecular weight is 225 g/mol. The predicted molar refractivity (Wildman–Crippen MR) is 55.9 cm³/mol. The van der Waals surface area contributed by atoms with Crippen molar-refractivity contribution in [3.8, 4) is 0 Å². The zero-order chi connectivity index (χ0) is 11.8. The Kier molecular flexibility index (Phi) is 5.18. The highest BCUT2D eigenvalue weighted by atomic mass is 16.5. The molecule has 0 amide bonds. The molecule has 0 aromatic carbocycles. The van der Waals surface area contributed by atoms with Crippen LogP contribution in [0.4, 0.5) is 0 Å². The Morgan fingerprint density at radius 2 is 2.31 bits per heavy atom. The van der Waals surface area contributed by atoms with Crippen LogP contribution in [-0.2, 0) is 16.1 Å². The molecule has 6 nitrogen and oxygen atoms in total. The van der Waals surface area contributed by atoms with Crippen molar-refractivity contribution in [3.05, 3.63) is 11.9 Å². The van der Waals surface area contributed by atoms with Crippen LogP contribution in [0.3, 0.4) is 0 Å². The van der Waals surface area contributed by atoms with Gasteiger partial charge in [-0.2, -0.15) is 0 Å². The lowest BCUT2D eigenvalue weighted by Gasteiger charge is -2.00. The van der Waals surface area contributed by atoms with Crippen molar-refractivity contribution < 1.29 is 14.3 Å². The summed E-state index contributed by atoms with van der Waals surface area (Å²) in [5.41, 5.74) is 0.342. The summed E-state index contributed by atoms with van der Waals surface area (Å²) in [5, 5.41) is 7.43. The molecule has 0 aliphatic carbocycles. The van der Waals surface area contributed by atoms with Crippen molar-refractivity contribution in [2.45, 2.75) is 32.2 Å². The highest BCUT2D eigenvalue weighted by Crippen LogP contribution is 2.02. The number of carbonyl (C=O) groups is 2. The molecule has 0 atom stereocenters. The molecule has 0 aliphatic rings. The quantitative estimate of drug-likeness (QED) is 0.390. The molecule has 0 N–H and O–H groups in total. The number of hydrogen-bond donors (Lipinski definition) is 0. The van der Waals surface area contributed by atoms with E-state index in [9.17, 15) is 9.59 Å². The lowest BCUT2D eigenvalue weighted by Crippen LogP contribution is -2.01. The maximum absolute atomic E-state index is 10.8. The average Bonchev–Trinajstić information content (AvgIpc) is 2.76. The molecule has 1 heterocycles. The number of carbonyl (C=O) groups excluding carboxylic acids is 2. The number of hydrogen-bond acceptors (Lipinski definition) is 5. The number of ether oxygens (including phenoxy) is 1. The highest BCUT2D eigenvalue weighted by molar-refractivity contribution is 5.70. The number of methoxy groups -OCH3 is 1. The van der Waals surface area contributed by atoms with E-state index in [0.717, 1.165) is 19.3 Å². The number of aldehydes is 1. The topological polar surface area (TPSA) is 74.1 Å². The standard InChI is InChI=1S/C10H15N3O3/c1-16-10(15)5-3-2-4-6-13-7-9(8-14)11-12-13/h7-8H,2-6H2,1H3. The van der Waals surface area contributed by atoms with E-state index in [1.807, 2.05) is 0 Å². The molecule has 0 saturated heterocycles. The molecule has 0 aliphatic heterocycles. The molecule has 16 heavy (non-hydrogen) atoms. The van der Waals surface area contributed by atoms with E-state index in [1.54, 1.807) is 10.9 Å². The second kappa shape index (κ2) is 6.71. The van der Waals surface area contributed by atoms with Crippen LogP contribution in [0.1, 0.15) is 36.2 Å². The summed E-state index contributed by atoms with van der Waals surface area (Å²) in [6.07, 6.45) is 5.35. The minimum absolute atomic E-state index is 0.177. The summed E-state index contributed by atoms with van der Waals surface area (Å²) < 4.78 is 6.15. The number of aryl methyl sites for hydroxylation is 1. The van der Waals surface area contributed by atoms with Crippen LogP contribution in [0.25, 0.3) is 0 Å². The molecule has 0 bridgehead atoms. The van der Waals surface area contributed by atoms with Crippen LogP contribution in [-0.4, -0.2) is 34.4 Å². The summed E-state index contributed by atoms with van der Waals surface area (Å²) in [4.78, 5) is 21.1. The van der Waals surface area contributed by atoms with Crippen LogP contribution >= 0.6 is 0 Å². The van der Waals surface area contributed by atoms with Crippen LogP contribution in [0.15, 0.2) is 6.20 Å². The summed E-state index contributed by atoms with van der Waals surface area (Å²) in [6, 6.07) is 0. The van der Waals surface area contributed by atoms with Crippen molar-refractivity contribution in [1.82, 2.24) is 15.0 Å². The molecule has 0 saturated carbocycles. The van der Waals surface area contributed by atoms with Crippen LogP contribution < -0.4 is 0 Å². The Hall–Kier alpha value is -1.72. The van der Waals surface area contributed by atoms with E-state index in [4.69, 9.17) is 0 Å². The van der Waals surface area contributed by atoms with Gasteiger partial charge in [-0.15, -0.1) is 5.10 Å². The molecule has 0 fully saturated rings.